The molecule has 1 heterocycles. The maximum Gasteiger partial charge on any atom is 0.0583 e. The Balaban J connectivity index is 2.45. The molecule has 0 aromatic heterocycles. The Kier molecular flexibility index (Phi) is 2.99. The summed E-state index contributed by atoms with van der Waals surface area (Å²) in [4.78, 5) is 0. The molecule has 0 aromatic carbocycles. The number of hydrogen-bond acceptors (Lipinski definition) is 2. The average molecular weight is 176 g/mol. The van der Waals surface area contributed by atoms with Gasteiger partial charge in [-0.05, 0) is 25.5 Å². The van der Waals surface area contributed by atoms with Crippen LogP contribution in [0.4, 0.5) is 0 Å². The van der Waals surface area contributed by atoms with E-state index in [-0.39, 0.29) is 0 Å². The van der Waals surface area contributed by atoms with Gasteiger partial charge in [0.05, 0.1) is 4.08 Å². The van der Waals surface area contributed by atoms with Crippen LogP contribution in [0.1, 0.15) is 33.6 Å². The van der Waals surface area contributed by atoms with Crippen molar-refractivity contribution in [3.63, 3.8) is 0 Å². The zero-order chi connectivity index (χ0) is 7.61. The summed E-state index contributed by atoms with van der Waals surface area (Å²) >= 11 is 4.28. The molecule has 0 N–H and O–H groups in total. The van der Waals surface area contributed by atoms with Gasteiger partial charge in [0.2, 0.25) is 0 Å². The van der Waals surface area contributed by atoms with E-state index in [2.05, 4.69) is 44.3 Å². The zero-order valence-corrected chi connectivity index (χ0v) is 8.65. The second-order valence-electron chi connectivity index (χ2n) is 3.05. The van der Waals surface area contributed by atoms with Crippen molar-refractivity contribution < 1.29 is 0 Å². The second-order valence-corrected chi connectivity index (χ2v) is 6.85. The molecule has 0 saturated carbocycles. The van der Waals surface area contributed by atoms with Crippen LogP contribution < -0.4 is 0 Å². The Hall–Kier alpha value is 0.700. The van der Waals surface area contributed by atoms with Crippen LogP contribution in [0.15, 0.2) is 0 Å². The number of hydrogen-bond donors (Lipinski definition) is 0. The van der Waals surface area contributed by atoms with Gasteiger partial charge in [-0.15, -0.1) is 23.5 Å². The third-order valence-electron chi connectivity index (χ3n) is 2.02. The average Bonchev–Trinajstić information content (AvgIpc) is 1.88. The first kappa shape index (κ1) is 8.79. The number of thioether (sulfide) groups is 2. The van der Waals surface area contributed by atoms with Crippen molar-refractivity contribution in [1.29, 1.82) is 0 Å². The van der Waals surface area contributed by atoms with E-state index in [1.165, 1.54) is 18.6 Å². The summed E-state index contributed by atoms with van der Waals surface area (Å²) < 4.78 is 0.525. The lowest BCUT2D eigenvalue weighted by Gasteiger charge is -2.34. The molecule has 0 aromatic rings. The summed E-state index contributed by atoms with van der Waals surface area (Å²) in [5.41, 5.74) is 0. The maximum absolute atomic E-state index is 2.37. The fourth-order valence-electron chi connectivity index (χ4n) is 1.14. The minimum absolute atomic E-state index is 0.525. The van der Waals surface area contributed by atoms with Gasteiger partial charge in [-0.1, -0.05) is 13.8 Å². The van der Waals surface area contributed by atoms with Gasteiger partial charge < -0.3 is 0 Å². The largest absolute Gasteiger partial charge is 0.144 e. The quantitative estimate of drug-likeness (QED) is 0.601. The summed E-state index contributed by atoms with van der Waals surface area (Å²) in [6.07, 6.45) is 2.69. The lowest BCUT2D eigenvalue weighted by molar-refractivity contribution is 0.798. The van der Waals surface area contributed by atoms with E-state index in [1.807, 2.05) is 0 Å². The van der Waals surface area contributed by atoms with Gasteiger partial charge in [0.15, 0.2) is 0 Å². The Bertz CT molecular complexity index is 114. The first-order chi connectivity index (χ1) is 4.66. The van der Waals surface area contributed by atoms with E-state index >= 15 is 0 Å². The van der Waals surface area contributed by atoms with Crippen molar-refractivity contribution in [1.82, 2.24) is 0 Å². The van der Waals surface area contributed by atoms with Crippen LogP contribution in [0.2, 0.25) is 0 Å². The molecular formula is C8H16S2. The van der Waals surface area contributed by atoms with Gasteiger partial charge >= 0.3 is 0 Å². The van der Waals surface area contributed by atoms with Crippen LogP contribution in [-0.4, -0.2) is 15.1 Å². The topological polar surface area (TPSA) is 0 Å². The lowest BCUT2D eigenvalue weighted by atomic mass is 10.3. The fourth-order valence-corrected chi connectivity index (χ4v) is 4.67. The first-order valence-electron chi connectivity index (χ1n) is 3.98. The minimum atomic E-state index is 0.525. The Labute approximate surface area is 72.5 Å². The van der Waals surface area contributed by atoms with Crippen molar-refractivity contribution in [3.05, 3.63) is 0 Å². The minimum Gasteiger partial charge on any atom is -0.144 e. The van der Waals surface area contributed by atoms with Crippen molar-refractivity contribution in [2.45, 2.75) is 42.9 Å². The van der Waals surface area contributed by atoms with Gasteiger partial charge in [-0.25, -0.2) is 0 Å². The fraction of sp³-hybridized carbons (Fsp3) is 1.00. The van der Waals surface area contributed by atoms with Crippen LogP contribution >= 0.6 is 23.5 Å². The van der Waals surface area contributed by atoms with Gasteiger partial charge in [-0.3, -0.25) is 0 Å². The third-order valence-corrected chi connectivity index (χ3v) is 5.43. The molecule has 1 fully saturated rings. The Morgan fingerprint density at radius 3 is 2.70 bits per heavy atom. The lowest BCUT2D eigenvalue weighted by Crippen LogP contribution is -2.23. The zero-order valence-electron chi connectivity index (χ0n) is 7.02. The van der Waals surface area contributed by atoms with Crippen LogP contribution in [0.25, 0.3) is 0 Å². The van der Waals surface area contributed by atoms with E-state index in [9.17, 15) is 0 Å². The van der Waals surface area contributed by atoms with Crippen LogP contribution in [0, 0.1) is 0 Å². The van der Waals surface area contributed by atoms with Crippen LogP contribution in [0.3, 0.4) is 0 Å². The smallest absolute Gasteiger partial charge is 0.0583 e. The van der Waals surface area contributed by atoms with Crippen molar-refractivity contribution in [3.8, 4) is 0 Å². The summed E-state index contributed by atoms with van der Waals surface area (Å²) in [6.45, 7) is 7.01. The van der Waals surface area contributed by atoms with Gasteiger partial charge in [0.1, 0.15) is 0 Å². The standard InChI is InChI=1S/C8H16S2/c1-4-8(3)9-6-5-7(2)10-8/h7H,4-6H2,1-3H3. The van der Waals surface area contributed by atoms with Crippen LogP contribution in [-0.2, 0) is 0 Å². The summed E-state index contributed by atoms with van der Waals surface area (Å²) in [5.74, 6) is 1.36. The highest BCUT2D eigenvalue weighted by Gasteiger charge is 2.29. The summed E-state index contributed by atoms with van der Waals surface area (Å²) in [7, 11) is 0. The van der Waals surface area contributed by atoms with E-state index in [1.54, 1.807) is 0 Å². The molecule has 1 aliphatic heterocycles. The predicted octanol–water partition coefficient (Wildman–Crippen LogP) is 3.37. The molecule has 1 saturated heterocycles. The van der Waals surface area contributed by atoms with E-state index in [0.29, 0.717) is 4.08 Å². The molecule has 10 heavy (non-hydrogen) atoms. The predicted molar refractivity (Wildman–Crippen MR) is 52.8 cm³/mol. The summed E-state index contributed by atoms with van der Waals surface area (Å²) in [5, 5.41) is 0.881. The molecule has 0 nitrogen and oxygen atoms in total. The van der Waals surface area contributed by atoms with Gasteiger partial charge in [0, 0.05) is 5.25 Å². The van der Waals surface area contributed by atoms with Crippen molar-refractivity contribution >= 4 is 23.5 Å². The molecule has 0 amide bonds. The first-order valence-corrected chi connectivity index (χ1v) is 5.84. The molecule has 0 spiro atoms. The molecule has 1 rings (SSSR count). The van der Waals surface area contributed by atoms with E-state index < -0.39 is 0 Å². The van der Waals surface area contributed by atoms with E-state index in [4.69, 9.17) is 0 Å². The molecule has 60 valence electrons. The normalized spacial score (nSPS) is 41.7. The molecular weight excluding hydrogens is 160 g/mol. The molecule has 2 heteroatoms. The van der Waals surface area contributed by atoms with Gasteiger partial charge in [0.25, 0.3) is 0 Å². The van der Waals surface area contributed by atoms with Crippen LogP contribution in [0.5, 0.6) is 0 Å². The molecule has 0 aliphatic carbocycles. The van der Waals surface area contributed by atoms with Crippen molar-refractivity contribution in [2.24, 2.45) is 0 Å². The molecule has 1 aliphatic rings. The van der Waals surface area contributed by atoms with Gasteiger partial charge in [-0.2, -0.15) is 0 Å². The number of rotatable bonds is 1. The highest BCUT2D eigenvalue weighted by Crippen LogP contribution is 2.47. The molecule has 0 radical (unpaired) electrons. The van der Waals surface area contributed by atoms with E-state index in [0.717, 1.165) is 5.25 Å². The third kappa shape index (κ3) is 2.09. The second kappa shape index (κ2) is 3.40. The molecule has 2 unspecified atom stereocenters. The maximum atomic E-state index is 2.37. The summed E-state index contributed by atoms with van der Waals surface area (Å²) in [6, 6.07) is 0. The highest BCUT2D eigenvalue weighted by molar-refractivity contribution is 8.19. The van der Waals surface area contributed by atoms with Crippen molar-refractivity contribution in [2.75, 3.05) is 5.75 Å². The molecule has 2 atom stereocenters. The highest BCUT2D eigenvalue weighted by atomic mass is 32.2. The Morgan fingerprint density at radius 2 is 2.30 bits per heavy atom. The Morgan fingerprint density at radius 1 is 1.60 bits per heavy atom. The molecule has 0 bridgehead atoms. The monoisotopic (exact) mass is 176 g/mol. The SMILES string of the molecule is CCC1(C)SCCC(C)S1.